The van der Waals surface area contributed by atoms with Crippen molar-refractivity contribution in [1.29, 1.82) is 0 Å². The zero-order chi connectivity index (χ0) is 24.1. The number of ether oxygens (including phenoxy) is 2. The predicted molar refractivity (Wildman–Crippen MR) is 128 cm³/mol. The second-order valence-electron chi connectivity index (χ2n) is 7.61. The molecule has 2 aromatic carbocycles. The van der Waals surface area contributed by atoms with Gasteiger partial charge in [0, 0.05) is 18.1 Å². The van der Waals surface area contributed by atoms with Gasteiger partial charge in [-0.15, -0.1) is 0 Å². The van der Waals surface area contributed by atoms with E-state index in [4.69, 9.17) is 21.1 Å². The number of amides is 1. The maximum Gasteiger partial charge on any atom is 0.295 e. The first kappa shape index (κ1) is 24.6. The molecule has 0 saturated carbocycles. The highest BCUT2D eigenvalue weighted by molar-refractivity contribution is 6.46. The Hall–Kier alpha value is -3.03. The molecule has 1 aliphatic heterocycles. The maximum absolute atomic E-state index is 13.2. The third-order valence-corrected chi connectivity index (χ3v) is 6.19. The first-order valence-electron chi connectivity index (χ1n) is 10.8. The Balaban J connectivity index is 2.19. The maximum atomic E-state index is 13.2. The number of carbonyl (C=O) groups excluding carboxylic acids is 2. The lowest BCUT2D eigenvalue weighted by Gasteiger charge is -2.28. The van der Waals surface area contributed by atoms with E-state index >= 15 is 0 Å². The van der Waals surface area contributed by atoms with E-state index in [1.54, 1.807) is 42.5 Å². The largest absolute Gasteiger partial charge is 0.506 e. The van der Waals surface area contributed by atoms with Gasteiger partial charge in [0.05, 0.1) is 25.8 Å². The molecule has 1 fully saturated rings. The zero-order valence-corrected chi connectivity index (χ0v) is 20.1. The third kappa shape index (κ3) is 4.84. The van der Waals surface area contributed by atoms with Gasteiger partial charge in [-0.25, -0.2) is 0 Å². The van der Waals surface area contributed by atoms with Crippen molar-refractivity contribution >= 4 is 29.1 Å². The van der Waals surface area contributed by atoms with Crippen LogP contribution in [0, 0.1) is 0 Å². The highest BCUT2D eigenvalue weighted by Crippen LogP contribution is 2.43. The van der Waals surface area contributed by atoms with E-state index in [1.165, 1.54) is 19.1 Å². The Bertz CT molecular complexity index is 1030. The number of likely N-dealkylation sites (N-methyl/N-ethyl adjacent to an activating group) is 1. The summed E-state index contributed by atoms with van der Waals surface area (Å²) in [5.41, 5.74) is 0.890. The molecule has 1 saturated heterocycles. The van der Waals surface area contributed by atoms with Crippen molar-refractivity contribution in [3.8, 4) is 11.5 Å². The molecule has 8 heteroatoms. The van der Waals surface area contributed by atoms with E-state index in [9.17, 15) is 14.7 Å². The molecule has 0 spiro atoms. The standard InChI is InChI=1S/C25H29ClN2O5/c1-5-27(6-2)14-15-28-22(16-10-12-17(26)13-11-16)21(24(30)25(28)31)23(29)20-18(32-3)8-7-9-19(20)33-4/h7-13,22,29H,5-6,14-15H2,1-4H3/b23-21+. The van der Waals surface area contributed by atoms with Gasteiger partial charge < -0.3 is 24.4 Å². The zero-order valence-electron chi connectivity index (χ0n) is 19.3. The van der Waals surface area contributed by atoms with Crippen LogP contribution in [-0.4, -0.2) is 67.0 Å². The van der Waals surface area contributed by atoms with E-state index in [-0.39, 0.29) is 16.9 Å². The molecule has 2 aromatic rings. The summed E-state index contributed by atoms with van der Waals surface area (Å²) in [6, 6.07) is 11.2. The van der Waals surface area contributed by atoms with Crippen molar-refractivity contribution in [3.63, 3.8) is 0 Å². The van der Waals surface area contributed by atoms with Crippen LogP contribution in [0.4, 0.5) is 0 Å². The number of ketones is 1. The number of likely N-dealkylation sites (tertiary alicyclic amines) is 1. The third-order valence-electron chi connectivity index (χ3n) is 5.94. The molecule has 0 bridgehead atoms. The number of rotatable bonds is 9. The predicted octanol–water partition coefficient (Wildman–Crippen LogP) is 4.12. The molecule has 0 aliphatic carbocycles. The molecule has 1 N–H and O–H groups in total. The summed E-state index contributed by atoms with van der Waals surface area (Å²) in [6.45, 7) is 6.67. The number of methoxy groups -OCH3 is 2. The Labute approximate surface area is 199 Å². The fourth-order valence-corrected chi connectivity index (χ4v) is 4.24. The molecular formula is C25H29ClN2O5. The van der Waals surface area contributed by atoms with Gasteiger partial charge in [-0.1, -0.05) is 43.6 Å². The highest BCUT2D eigenvalue weighted by atomic mass is 35.5. The molecule has 7 nitrogen and oxygen atoms in total. The van der Waals surface area contributed by atoms with Gasteiger partial charge >= 0.3 is 0 Å². The second kappa shape index (κ2) is 10.7. The molecular weight excluding hydrogens is 444 g/mol. The molecule has 0 aromatic heterocycles. The number of carbonyl (C=O) groups is 2. The summed E-state index contributed by atoms with van der Waals surface area (Å²) >= 11 is 6.08. The van der Waals surface area contributed by atoms with Crippen LogP contribution in [-0.2, 0) is 9.59 Å². The number of hydrogen-bond acceptors (Lipinski definition) is 6. The van der Waals surface area contributed by atoms with Crippen LogP contribution in [0.1, 0.15) is 31.0 Å². The normalized spacial score (nSPS) is 17.6. The lowest BCUT2D eigenvalue weighted by molar-refractivity contribution is -0.140. The van der Waals surface area contributed by atoms with Gasteiger partial charge in [-0.2, -0.15) is 0 Å². The van der Waals surface area contributed by atoms with Gasteiger partial charge in [-0.3, -0.25) is 9.59 Å². The summed E-state index contributed by atoms with van der Waals surface area (Å²) in [6.07, 6.45) is 0. The lowest BCUT2D eigenvalue weighted by atomic mass is 9.94. The molecule has 0 radical (unpaired) electrons. The van der Waals surface area contributed by atoms with Crippen molar-refractivity contribution in [3.05, 3.63) is 64.2 Å². The number of halogens is 1. The smallest absolute Gasteiger partial charge is 0.295 e. The topological polar surface area (TPSA) is 79.3 Å². The fourth-order valence-electron chi connectivity index (χ4n) is 4.11. The number of Topliss-reactive ketones (excluding diaryl/α,β-unsaturated/α-hetero) is 1. The van der Waals surface area contributed by atoms with Crippen LogP contribution in [0.2, 0.25) is 5.02 Å². The molecule has 3 rings (SSSR count). The van der Waals surface area contributed by atoms with Crippen LogP contribution in [0.3, 0.4) is 0 Å². The van der Waals surface area contributed by atoms with Gasteiger partial charge in [-0.05, 0) is 42.9 Å². The van der Waals surface area contributed by atoms with Gasteiger partial charge in [0.15, 0.2) is 0 Å². The minimum atomic E-state index is -0.771. The minimum absolute atomic E-state index is 0.00957. The van der Waals surface area contributed by atoms with Crippen molar-refractivity contribution in [1.82, 2.24) is 9.80 Å². The quantitative estimate of drug-likeness (QED) is 0.336. The fraction of sp³-hybridized carbons (Fsp3) is 0.360. The van der Waals surface area contributed by atoms with Crippen LogP contribution in [0.15, 0.2) is 48.0 Å². The lowest BCUT2D eigenvalue weighted by Crippen LogP contribution is -2.38. The molecule has 1 aliphatic rings. The minimum Gasteiger partial charge on any atom is -0.506 e. The van der Waals surface area contributed by atoms with Crippen molar-refractivity contribution < 1.29 is 24.2 Å². The number of nitrogens with zero attached hydrogens (tertiary/aromatic N) is 2. The van der Waals surface area contributed by atoms with E-state index < -0.39 is 17.7 Å². The summed E-state index contributed by atoms with van der Waals surface area (Å²) in [5.74, 6) is -1.09. The van der Waals surface area contributed by atoms with Crippen molar-refractivity contribution in [2.24, 2.45) is 0 Å². The average molecular weight is 473 g/mol. The first-order valence-corrected chi connectivity index (χ1v) is 11.2. The highest BCUT2D eigenvalue weighted by Gasteiger charge is 2.46. The summed E-state index contributed by atoms with van der Waals surface area (Å²) in [7, 11) is 2.93. The molecule has 1 amide bonds. The van der Waals surface area contributed by atoms with Crippen LogP contribution in [0.25, 0.3) is 5.76 Å². The Kier molecular flexibility index (Phi) is 8.00. The molecule has 33 heavy (non-hydrogen) atoms. The van der Waals surface area contributed by atoms with Gasteiger partial charge in [0.2, 0.25) is 0 Å². The van der Waals surface area contributed by atoms with Crippen LogP contribution < -0.4 is 9.47 Å². The van der Waals surface area contributed by atoms with Gasteiger partial charge in [0.25, 0.3) is 11.7 Å². The molecule has 176 valence electrons. The second-order valence-corrected chi connectivity index (χ2v) is 8.04. The number of hydrogen-bond donors (Lipinski definition) is 1. The Morgan fingerprint density at radius 1 is 1.03 bits per heavy atom. The summed E-state index contributed by atoms with van der Waals surface area (Å²) in [5, 5.41) is 11.9. The van der Waals surface area contributed by atoms with E-state index in [2.05, 4.69) is 4.90 Å². The van der Waals surface area contributed by atoms with Crippen molar-refractivity contribution in [2.45, 2.75) is 19.9 Å². The average Bonchev–Trinajstić information content (AvgIpc) is 3.09. The van der Waals surface area contributed by atoms with Crippen LogP contribution in [0.5, 0.6) is 11.5 Å². The Morgan fingerprint density at radius 2 is 1.61 bits per heavy atom. The molecule has 1 unspecified atom stereocenters. The van der Waals surface area contributed by atoms with E-state index in [0.717, 1.165) is 13.1 Å². The SMILES string of the molecule is CCN(CC)CCN1C(=O)C(=O)/C(=C(/O)c2c(OC)cccc2OC)C1c1ccc(Cl)cc1. The van der Waals surface area contributed by atoms with Crippen LogP contribution >= 0.6 is 11.6 Å². The number of benzene rings is 2. The number of aliphatic hydroxyl groups is 1. The summed E-state index contributed by atoms with van der Waals surface area (Å²) < 4.78 is 10.8. The Morgan fingerprint density at radius 3 is 2.12 bits per heavy atom. The molecule has 1 atom stereocenters. The van der Waals surface area contributed by atoms with Gasteiger partial charge in [0.1, 0.15) is 22.8 Å². The van der Waals surface area contributed by atoms with E-state index in [0.29, 0.717) is 35.2 Å². The van der Waals surface area contributed by atoms with E-state index in [1.807, 2.05) is 13.8 Å². The monoisotopic (exact) mass is 472 g/mol. The van der Waals surface area contributed by atoms with Crippen molar-refractivity contribution in [2.75, 3.05) is 40.4 Å². The summed E-state index contributed by atoms with van der Waals surface area (Å²) in [4.78, 5) is 30.0. The first-order chi connectivity index (χ1) is 15.9. The number of aliphatic hydroxyl groups excluding tert-OH is 1. The molecule has 1 heterocycles.